The lowest BCUT2D eigenvalue weighted by Crippen LogP contribution is -2.41. The second-order valence-corrected chi connectivity index (χ2v) is 3.38. The zero-order valence-corrected chi connectivity index (χ0v) is 9.50. The van der Waals surface area contributed by atoms with Crippen LogP contribution in [0.15, 0.2) is 0 Å². The van der Waals surface area contributed by atoms with Gasteiger partial charge >= 0.3 is 0 Å². The summed E-state index contributed by atoms with van der Waals surface area (Å²) in [5.74, 6) is -0.105. The molecule has 5 heteroatoms. The minimum absolute atomic E-state index is 0.105. The summed E-state index contributed by atoms with van der Waals surface area (Å²) in [5, 5.41) is 2.72. The highest BCUT2D eigenvalue weighted by atomic mass is 16.5. The topological polar surface area (TPSA) is 90.4 Å². The second-order valence-electron chi connectivity index (χ2n) is 3.38. The zero-order valence-electron chi connectivity index (χ0n) is 9.50. The molecule has 0 saturated carbocycles. The lowest BCUT2D eigenvalue weighted by Gasteiger charge is -2.11. The first kappa shape index (κ1) is 14.3. The summed E-state index contributed by atoms with van der Waals surface area (Å²) in [6.07, 6.45) is 2.51. The van der Waals surface area contributed by atoms with E-state index >= 15 is 0 Å². The molecule has 0 fully saturated rings. The standard InChI is InChI=1S/C10H23N3O2/c1-2-15-8-7-13-10(14)9(12)5-3-4-6-11/h9H,2-8,11-12H2,1H3,(H,13,14). The van der Waals surface area contributed by atoms with Crippen molar-refractivity contribution in [2.45, 2.75) is 32.2 Å². The maximum absolute atomic E-state index is 11.4. The van der Waals surface area contributed by atoms with Crippen LogP contribution >= 0.6 is 0 Å². The van der Waals surface area contributed by atoms with Crippen LogP contribution in [0.4, 0.5) is 0 Å². The van der Waals surface area contributed by atoms with Crippen molar-refractivity contribution in [2.24, 2.45) is 11.5 Å². The number of carbonyl (C=O) groups excluding carboxylic acids is 1. The van der Waals surface area contributed by atoms with Crippen LogP contribution in [0.1, 0.15) is 26.2 Å². The van der Waals surface area contributed by atoms with Crippen molar-refractivity contribution in [3.05, 3.63) is 0 Å². The predicted octanol–water partition coefficient (Wildman–Crippen LogP) is -0.405. The normalized spacial score (nSPS) is 12.5. The highest BCUT2D eigenvalue weighted by Crippen LogP contribution is 1.97. The summed E-state index contributed by atoms with van der Waals surface area (Å²) in [7, 11) is 0. The fourth-order valence-electron chi connectivity index (χ4n) is 1.16. The van der Waals surface area contributed by atoms with Gasteiger partial charge in [0.1, 0.15) is 0 Å². The maximum Gasteiger partial charge on any atom is 0.236 e. The fourth-order valence-corrected chi connectivity index (χ4v) is 1.16. The van der Waals surface area contributed by atoms with Gasteiger partial charge in [-0.2, -0.15) is 0 Å². The molecule has 15 heavy (non-hydrogen) atoms. The van der Waals surface area contributed by atoms with Crippen molar-refractivity contribution in [1.29, 1.82) is 0 Å². The molecule has 0 bridgehead atoms. The monoisotopic (exact) mass is 217 g/mol. The van der Waals surface area contributed by atoms with Crippen molar-refractivity contribution in [2.75, 3.05) is 26.3 Å². The van der Waals surface area contributed by atoms with Crippen molar-refractivity contribution in [3.8, 4) is 0 Å². The number of hydrogen-bond acceptors (Lipinski definition) is 4. The summed E-state index contributed by atoms with van der Waals surface area (Å²) >= 11 is 0. The van der Waals surface area contributed by atoms with Gasteiger partial charge in [0.2, 0.25) is 5.91 Å². The number of hydrogen-bond donors (Lipinski definition) is 3. The number of nitrogens with two attached hydrogens (primary N) is 2. The molecule has 1 atom stereocenters. The molecule has 0 saturated heterocycles. The van der Waals surface area contributed by atoms with Crippen molar-refractivity contribution < 1.29 is 9.53 Å². The Balaban J connectivity index is 3.42. The van der Waals surface area contributed by atoms with Gasteiger partial charge in [-0.3, -0.25) is 4.79 Å². The van der Waals surface area contributed by atoms with Crippen LogP contribution < -0.4 is 16.8 Å². The first-order valence-corrected chi connectivity index (χ1v) is 5.53. The molecule has 0 aliphatic rings. The quantitative estimate of drug-likeness (QED) is 0.458. The Labute approximate surface area is 91.5 Å². The molecule has 0 heterocycles. The van der Waals surface area contributed by atoms with Crippen LogP contribution in [-0.2, 0) is 9.53 Å². The van der Waals surface area contributed by atoms with E-state index in [1.807, 2.05) is 6.92 Å². The van der Waals surface area contributed by atoms with E-state index in [1.54, 1.807) is 0 Å². The summed E-state index contributed by atoms with van der Waals surface area (Å²) in [6, 6.07) is -0.418. The van der Waals surface area contributed by atoms with Crippen LogP contribution in [0.25, 0.3) is 0 Å². The van der Waals surface area contributed by atoms with E-state index in [9.17, 15) is 4.79 Å². The van der Waals surface area contributed by atoms with E-state index in [0.717, 1.165) is 12.8 Å². The van der Waals surface area contributed by atoms with Crippen molar-refractivity contribution in [3.63, 3.8) is 0 Å². The van der Waals surface area contributed by atoms with Gasteiger partial charge < -0.3 is 21.5 Å². The summed E-state index contributed by atoms with van der Waals surface area (Å²) in [6.45, 7) is 4.30. The SMILES string of the molecule is CCOCCNC(=O)C(N)CCCCN. The number of amides is 1. The Morgan fingerprint density at radius 1 is 1.47 bits per heavy atom. The van der Waals surface area contributed by atoms with E-state index in [2.05, 4.69) is 5.32 Å². The molecular weight excluding hydrogens is 194 g/mol. The largest absolute Gasteiger partial charge is 0.380 e. The molecule has 0 aliphatic heterocycles. The molecule has 0 aromatic rings. The fraction of sp³-hybridized carbons (Fsp3) is 0.900. The number of unbranched alkanes of at least 4 members (excludes halogenated alkanes) is 1. The summed E-state index contributed by atoms with van der Waals surface area (Å²) < 4.78 is 5.09. The number of nitrogens with one attached hydrogen (secondary N) is 1. The van der Waals surface area contributed by atoms with E-state index in [-0.39, 0.29) is 5.91 Å². The molecule has 1 unspecified atom stereocenters. The predicted molar refractivity (Wildman–Crippen MR) is 60.4 cm³/mol. The average molecular weight is 217 g/mol. The molecule has 0 aliphatic carbocycles. The lowest BCUT2D eigenvalue weighted by molar-refractivity contribution is -0.122. The third-order valence-electron chi connectivity index (χ3n) is 2.06. The molecule has 1 amide bonds. The second kappa shape index (κ2) is 9.89. The van der Waals surface area contributed by atoms with Crippen LogP contribution in [0.5, 0.6) is 0 Å². The maximum atomic E-state index is 11.4. The van der Waals surface area contributed by atoms with Crippen LogP contribution in [-0.4, -0.2) is 38.3 Å². The Morgan fingerprint density at radius 2 is 2.20 bits per heavy atom. The molecule has 0 aromatic heterocycles. The van der Waals surface area contributed by atoms with Crippen molar-refractivity contribution in [1.82, 2.24) is 5.32 Å². The minimum Gasteiger partial charge on any atom is -0.380 e. The van der Waals surface area contributed by atoms with Gasteiger partial charge in [-0.05, 0) is 26.3 Å². The molecule has 90 valence electrons. The van der Waals surface area contributed by atoms with Crippen molar-refractivity contribution >= 4 is 5.91 Å². The van der Waals surface area contributed by atoms with Gasteiger partial charge in [-0.1, -0.05) is 6.42 Å². The molecule has 0 radical (unpaired) electrons. The first-order valence-electron chi connectivity index (χ1n) is 5.53. The average Bonchev–Trinajstić information content (AvgIpc) is 2.24. The molecular formula is C10H23N3O2. The Bertz CT molecular complexity index is 165. The summed E-state index contributed by atoms with van der Waals surface area (Å²) in [4.78, 5) is 11.4. The van der Waals surface area contributed by atoms with Gasteiger partial charge in [-0.15, -0.1) is 0 Å². The van der Waals surface area contributed by atoms with Gasteiger partial charge in [0.15, 0.2) is 0 Å². The van der Waals surface area contributed by atoms with Gasteiger partial charge in [0, 0.05) is 13.2 Å². The van der Waals surface area contributed by atoms with Gasteiger partial charge in [-0.25, -0.2) is 0 Å². The van der Waals surface area contributed by atoms with E-state index in [4.69, 9.17) is 16.2 Å². The smallest absolute Gasteiger partial charge is 0.236 e. The van der Waals surface area contributed by atoms with E-state index in [1.165, 1.54) is 0 Å². The zero-order chi connectivity index (χ0) is 11.5. The molecule has 0 aromatic carbocycles. The number of rotatable bonds is 9. The van der Waals surface area contributed by atoms with Gasteiger partial charge in [0.05, 0.1) is 12.6 Å². The van der Waals surface area contributed by atoms with Crippen LogP contribution in [0.3, 0.4) is 0 Å². The highest BCUT2D eigenvalue weighted by Gasteiger charge is 2.11. The third-order valence-corrected chi connectivity index (χ3v) is 2.06. The minimum atomic E-state index is -0.418. The Morgan fingerprint density at radius 3 is 2.80 bits per heavy atom. The molecule has 5 nitrogen and oxygen atoms in total. The van der Waals surface area contributed by atoms with Gasteiger partial charge in [0.25, 0.3) is 0 Å². The molecule has 0 rings (SSSR count). The molecule has 5 N–H and O–H groups in total. The first-order chi connectivity index (χ1) is 7.22. The Hall–Kier alpha value is -0.650. The lowest BCUT2D eigenvalue weighted by atomic mass is 10.1. The van der Waals surface area contributed by atoms with E-state index in [0.29, 0.717) is 32.7 Å². The Kier molecular flexibility index (Phi) is 9.46. The number of carbonyl (C=O) groups is 1. The van der Waals surface area contributed by atoms with Crippen LogP contribution in [0.2, 0.25) is 0 Å². The summed E-state index contributed by atoms with van der Waals surface area (Å²) in [5.41, 5.74) is 11.0. The highest BCUT2D eigenvalue weighted by molar-refractivity contribution is 5.81. The van der Waals surface area contributed by atoms with Crippen LogP contribution in [0, 0.1) is 0 Å². The molecule has 0 spiro atoms. The number of ether oxygens (including phenoxy) is 1. The third kappa shape index (κ3) is 8.35. The van der Waals surface area contributed by atoms with E-state index < -0.39 is 6.04 Å².